The number of fused-ring (bicyclic) bond motifs is 8. The second-order valence-electron chi connectivity index (χ2n) is 18.4. The predicted molar refractivity (Wildman–Crippen MR) is 272 cm³/mol. The van der Waals surface area contributed by atoms with Gasteiger partial charge in [0.25, 0.3) is 0 Å². The molecule has 0 atom stereocenters. The Bertz CT molecular complexity index is 3670. The Morgan fingerprint density at radius 2 is 0.735 bits per heavy atom. The minimum Gasteiger partial charge on any atom is -0.208 e. The largest absolute Gasteiger partial charge is 0.209 e. The van der Waals surface area contributed by atoms with E-state index in [-0.39, 0.29) is 10.8 Å². The van der Waals surface area contributed by atoms with E-state index in [0.29, 0.717) is 34.9 Å². The monoisotopic (exact) mass is 870 g/mol. The average Bonchev–Trinajstić information content (AvgIpc) is 3.75. The maximum atomic E-state index is 4.87. The van der Waals surface area contributed by atoms with Crippen LogP contribution in [0.2, 0.25) is 0 Å². The van der Waals surface area contributed by atoms with E-state index in [1.807, 2.05) is 121 Å². The van der Waals surface area contributed by atoms with Gasteiger partial charge in [0, 0.05) is 44.2 Å². The van der Waals surface area contributed by atoms with Crippen LogP contribution in [0.15, 0.2) is 182 Å². The van der Waals surface area contributed by atoms with Crippen LogP contribution in [0.3, 0.4) is 0 Å². The summed E-state index contributed by atoms with van der Waals surface area (Å²) in [4.78, 5) is 29.1. The Labute approximate surface area is 396 Å². The van der Waals surface area contributed by atoms with Crippen LogP contribution in [0, 0.1) is 23.7 Å². The lowest BCUT2D eigenvalue weighted by Gasteiger charge is -2.24. The number of hydrogen-bond acceptors (Lipinski definition) is 6. The zero-order valence-corrected chi connectivity index (χ0v) is 38.0. The molecule has 0 aliphatic heterocycles. The van der Waals surface area contributed by atoms with E-state index in [1.165, 1.54) is 49.9 Å². The fraction of sp³-hybridized carbons (Fsp3) is 0.0968. The molecule has 68 heavy (non-hydrogen) atoms. The second kappa shape index (κ2) is 15.9. The first-order valence-corrected chi connectivity index (χ1v) is 22.9. The number of rotatable bonds is 4. The number of benzene rings is 8. The van der Waals surface area contributed by atoms with Crippen molar-refractivity contribution in [1.82, 2.24) is 29.9 Å². The fourth-order valence-corrected chi connectivity index (χ4v) is 9.97. The third-order valence-corrected chi connectivity index (χ3v) is 13.5. The SMILES string of the molecule is CC1(C)c2cc(C#Cc3nc(-c4ccccc4)nc(-c4ccccc4)n3)ccc2-c2cc3c(cc21)-c1c(cc(C#Cc2nc(-c4ccccc4)nc(-c4ccccc4)n2)c2ccccc12)C3(C)C. The summed E-state index contributed by atoms with van der Waals surface area (Å²) in [7, 11) is 0. The summed E-state index contributed by atoms with van der Waals surface area (Å²) in [5.41, 5.74) is 15.1. The molecule has 0 amide bonds. The zero-order valence-electron chi connectivity index (χ0n) is 38.0. The Kier molecular flexibility index (Phi) is 9.53. The van der Waals surface area contributed by atoms with Gasteiger partial charge in [-0.25, -0.2) is 29.9 Å². The van der Waals surface area contributed by atoms with Gasteiger partial charge in [0.1, 0.15) is 0 Å². The van der Waals surface area contributed by atoms with Crippen molar-refractivity contribution in [1.29, 1.82) is 0 Å². The highest BCUT2D eigenvalue weighted by atomic mass is 15.0. The van der Waals surface area contributed by atoms with E-state index in [9.17, 15) is 0 Å². The van der Waals surface area contributed by atoms with Crippen molar-refractivity contribution in [3.63, 3.8) is 0 Å². The van der Waals surface area contributed by atoms with Crippen LogP contribution in [-0.2, 0) is 10.8 Å². The van der Waals surface area contributed by atoms with E-state index in [0.717, 1.165) is 38.8 Å². The standard InChI is InChI=1S/C62H42N6/c1-61(2)50-35-39(30-33-54-63-57(40-19-9-5-10-20-40)67-58(64-54)41-21-11-6-12-22-41)29-32-46(50)48-37-52-49(38-51(48)61)56-47-28-18-17-27-45(47)44(36-53(56)62(52,3)4)31-34-55-65-59(42-23-13-7-14-24-42)68-60(66-55)43-25-15-8-16-26-43/h5-29,32,35-38H,1-4H3. The van der Waals surface area contributed by atoms with Gasteiger partial charge in [0.05, 0.1) is 0 Å². The van der Waals surface area contributed by atoms with Gasteiger partial charge in [-0.3, -0.25) is 0 Å². The topological polar surface area (TPSA) is 77.3 Å². The summed E-state index contributed by atoms with van der Waals surface area (Å²) in [6.45, 7) is 9.34. The maximum Gasteiger partial charge on any atom is 0.209 e. The minimum atomic E-state index is -0.297. The van der Waals surface area contributed by atoms with E-state index >= 15 is 0 Å². The van der Waals surface area contributed by atoms with Crippen molar-refractivity contribution < 1.29 is 0 Å². The molecule has 10 aromatic rings. The van der Waals surface area contributed by atoms with E-state index in [4.69, 9.17) is 29.9 Å². The van der Waals surface area contributed by atoms with Crippen molar-refractivity contribution in [3.05, 3.63) is 227 Å². The first-order valence-electron chi connectivity index (χ1n) is 22.9. The predicted octanol–water partition coefficient (Wildman–Crippen LogP) is 13.3. The molecule has 0 spiro atoms. The average molecular weight is 871 g/mol. The third-order valence-electron chi connectivity index (χ3n) is 13.5. The van der Waals surface area contributed by atoms with Gasteiger partial charge in [-0.05, 0) is 97.5 Å². The van der Waals surface area contributed by atoms with Crippen LogP contribution < -0.4 is 0 Å². The molecule has 0 saturated carbocycles. The van der Waals surface area contributed by atoms with Gasteiger partial charge in [-0.1, -0.05) is 191 Å². The molecule has 8 aromatic carbocycles. The Morgan fingerprint density at radius 3 is 1.25 bits per heavy atom. The van der Waals surface area contributed by atoms with Crippen LogP contribution in [0.1, 0.15) is 72.7 Å². The first-order chi connectivity index (χ1) is 33.2. The number of nitrogens with zero attached hydrogens (tertiary/aromatic N) is 6. The van der Waals surface area contributed by atoms with E-state index in [1.54, 1.807) is 0 Å². The van der Waals surface area contributed by atoms with Crippen molar-refractivity contribution in [2.75, 3.05) is 0 Å². The van der Waals surface area contributed by atoms with Crippen LogP contribution >= 0.6 is 0 Å². The highest BCUT2D eigenvalue weighted by Crippen LogP contribution is 2.57. The molecule has 2 aliphatic rings. The van der Waals surface area contributed by atoms with Crippen molar-refractivity contribution in [2.45, 2.75) is 38.5 Å². The molecule has 0 radical (unpaired) electrons. The molecule has 2 aromatic heterocycles. The van der Waals surface area contributed by atoms with Gasteiger partial charge in [0.2, 0.25) is 11.6 Å². The summed E-state index contributed by atoms with van der Waals surface area (Å²) in [6, 6.07) is 62.5. The summed E-state index contributed by atoms with van der Waals surface area (Å²) < 4.78 is 0. The zero-order chi connectivity index (χ0) is 46.0. The Balaban J connectivity index is 0.920. The fourth-order valence-electron chi connectivity index (χ4n) is 9.97. The summed E-state index contributed by atoms with van der Waals surface area (Å²) in [5, 5.41) is 2.28. The Morgan fingerprint density at radius 1 is 0.324 bits per heavy atom. The summed E-state index contributed by atoms with van der Waals surface area (Å²) in [6.07, 6.45) is 0. The molecule has 6 heteroatoms. The molecule has 0 bridgehead atoms. The molecule has 0 unspecified atom stereocenters. The smallest absolute Gasteiger partial charge is 0.208 e. The molecule has 2 heterocycles. The van der Waals surface area contributed by atoms with Gasteiger partial charge in [-0.2, -0.15) is 0 Å². The van der Waals surface area contributed by atoms with Crippen molar-refractivity contribution in [3.8, 4) is 91.5 Å². The second-order valence-corrected chi connectivity index (χ2v) is 18.4. The number of aromatic nitrogens is 6. The molecule has 12 rings (SSSR count). The van der Waals surface area contributed by atoms with Crippen LogP contribution in [0.25, 0.3) is 78.6 Å². The molecule has 0 fully saturated rings. The molecule has 0 N–H and O–H groups in total. The molecular weight excluding hydrogens is 829 g/mol. The van der Waals surface area contributed by atoms with Gasteiger partial charge in [-0.15, -0.1) is 0 Å². The maximum absolute atomic E-state index is 4.87. The van der Waals surface area contributed by atoms with Gasteiger partial charge >= 0.3 is 0 Å². The lowest BCUT2D eigenvalue weighted by molar-refractivity contribution is 0.652. The normalized spacial score (nSPS) is 13.3. The lowest BCUT2D eigenvalue weighted by atomic mass is 9.79. The van der Waals surface area contributed by atoms with E-state index in [2.05, 4.69) is 112 Å². The molecule has 0 saturated heterocycles. The lowest BCUT2D eigenvalue weighted by Crippen LogP contribution is -2.17. The van der Waals surface area contributed by atoms with Crippen LogP contribution in [-0.4, -0.2) is 29.9 Å². The van der Waals surface area contributed by atoms with Crippen LogP contribution in [0.5, 0.6) is 0 Å². The third kappa shape index (κ3) is 6.94. The highest BCUT2D eigenvalue weighted by molar-refractivity contribution is 6.06. The van der Waals surface area contributed by atoms with Crippen molar-refractivity contribution in [2.24, 2.45) is 0 Å². The first kappa shape index (κ1) is 40.7. The van der Waals surface area contributed by atoms with Crippen molar-refractivity contribution >= 4 is 10.8 Å². The Hall–Kier alpha value is -8.84. The summed E-state index contributed by atoms with van der Waals surface area (Å²) >= 11 is 0. The van der Waals surface area contributed by atoms with E-state index < -0.39 is 0 Å². The minimum absolute atomic E-state index is 0.276. The molecule has 6 nitrogen and oxygen atoms in total. The van der Waals surface area contributed by atoms with Gasteiger partial charge in [0.15, 0.2) is 23.3 Å². The highest BCUT2D eigenvalue weighted by Gasteiger charge is 2.42. The molecule has 320 valence electrons. The quantitative estimate of drug-likeness (QED) is 0.164. The molecular formula is C62H42N6. The summed E-state index contributed by atoms with van der Waals surface area (Å²) in [5.74, 6) is 16.9. The molecule has 2 aliphatic carbocycles. The number of hydrogen-bond donors (Lipinski definition) is 0. The van der Waals surface area contributed by atoms with Crippen LogP contribution in [0.4, 0.5) is 0 Å². The van der Waals surface area contributed by atoms with Gasteiger partial charge < -0.3 is 0 Å².